The lowest BCUT2D eigenvalue weighted by Gasteiger charge is -2.37. The summed E-state index contributed by atoms with van der Waals surface area (Å²) in [6, 6.07) is 3.96. The van der Waals surface area contributed by atoms with E-state index in [9.17, 15) is 18.0 Å². The lowest BCUT2D eigenvalue weighted by atomic mass is 9.74. The van der Waals surface area contributed by atoms with E-state index in [1.54, 1.807) is 0 Å². The number of benzene rings is 1. The van der Waals surface area contributed by atoms with Crippen LogP contribution in [0.5, 0.6) is 0 Å². The van der Waals surface area contributed by atoms with Gasteiger partial charge in [0.25, 0.3) is 5.91 Å². The maximum Gasteiger partial charge on any atom is 0.399 e. The highest BCUT2D eigenvalue weighted by atomic mass is 19.4. The lowest BCUT2D eigenvalue weighted by Crippen LogP contribution is -2.53. The fraction of sp³-hybridized carbons (Fsp3) is 0.364. The molecule has 2 rings (SSSR count). The largest absolute Gasteiger partial charge is 0.399 e. The molecule has 1 atom stereocenters. The van der Waals surface area contributed by atoms with Crippen molar-refractivity contribution in [1.82, 2.24) is 5.32 Å². The molecule has 1 N–H and O–H groups in total. The van der Waals surface area contributed by atoms with Crippen LogP contribution in [0.15, 0.2) is 18.2 Å². The van der Waals surface area contributed by atoms with Crippen LogP contribution in [-0.2, 0) is 5.41 Å². The molecule has 0 saturated heterocycles. The first kappa shape index (κ1) is 12.0. The van der Waals surface area contributed by atoms with Crippen molar-refractivity contribution in [3.8, 4) is 0 Å². The van der Waals surface area contributed by atoms with Gasteiger partial charge < -0.3 is 5.32 Å². The number of alkyl halides is 3. The molecule has 1 aliphatic rings. The van der Waals surface area contributed by atoms with E-state index in [2.05, 4.69) is 5.32 Å². The van der Waals surface area contributed by atoms with Crippen LogP contribution in [0, 0.1) is 0 Å². The van der Waals surface area contributed by atoms with Crippen molar-refractivity contribution in [3.05, 3.63) is 29.3 Å². The third-order valence-electron chi connectivity index (χ3n) is 3.11. The van der Waals surface area contributed by atoms with Crippen LogP contribution in [0.1, 0.15) is 22.8 Å². The first-order valence-corrected chi connectivity index (χ1v) is 5.00. The summed E-state index contributed by atoms with van der Waals surface area (Å²) in [4.78, 5) is 11.5. The Kier molecular flexibility index (Phi) is 2.49. The molecule has 1 aromatic rings. The lowest BCUT2D eigenvalue weighted by molar-refractivity contribution is -0.184. The number of hydrogen-bond acceptors (Lipinski definition) is 1. The van der Waals surface area contributed by atoms with Gasteiger partial charge in [0.2, 0.25) is 0 Å². The van der Waals surface area contributed by atoms with Crippen molar-refractivity contribution < 1.29 is 18.0 Å². The summed E-state index contributed by atoms with van der Waals surface area (Å²) in [7, 11) is 5.49. The topological polar surface area (TPSA) is 29.1 Å². The zero-order chi connectivity index (χ0) is 12.8. The second-order valence-electron chi connectivity index (χ2n) is 4.32. The molecule has 1 aliphatic heterocycles. The number of carbonyl (C=O) groups is 1. The number of carbonyl (C=O) groups excluding carboxylic acids is 1. The molecule has 2 nitrogen and oxygen atoms in total. The van der Waals surface area contributed by atoms with Gasteiger partial charge in [-0.2, -0.15) is 13.2 Å². The van der Waals surface area contributed by atoms with Gasteiger partial charge in [-0.05, 0) is 18.6 Å². The first-order chi connectivity index (χ1) is 7.75. The zero-order valence-electron chi connectivity index (χ0n) is 9.06. The molecule has 2 radical (unpaired) electrons. The second-order valence-corrected chi connectivity index (χ2v) is 4.32. The summed E-state index contributed by atoms with van der Waals surface area (Å²) in [5.41, 5.74) is -1.90. The van der Waals surface area contributed by atoms with Gasteiger partial charge in [-0.25, -0.2) is 0 Å². The predicted molar refractivity (Wildman–Crippen MR) is 57.6 cm³/mol. The minimum absolute atomic E-state index is 0.0327. The van der Waals surface area contributed by atoms with Crippen molar-refractivity contribution >= 4 is 19.2 Å². The van der Waals surface area contributed by atoms with Crippen molar-refractivity contribution in [2.24, 2.45) is 0 Å². The minimum Gasteiger partial charge on any atom is -0.351 e. The third-order valence-corrected chi connectivity index (χ3v) is 3.11. The molecule has 1 aromatic carbocycles. The van der Waals surface area contributed by atoms with Crippen molar-refractivity contribution in [2.45, 2.75) is 18.5 Å². The molecule has 0 aromatic heterocycles. The molecule has 88 valence electrons. The standard InChI is InChI=1S/C11H9BF3NO/c1-10(11(13,14)15)5-16-9(17)7-3-2-6(12)4-8(7)10/h2-4H,5H2,1H3,(H,16,17). The summed E-state index contributed by atoms with van der Waals surface area (Å²) in [5.74, 6) is -0.498. The normalized spacial score (nSPS) is 24.1. The summed E-state index contributed by atoms with van der Waals surface area (Å²) in [6.07, 6.45) is -4.44. The quantitative estimate of drug-likeness (QED) is 0.673. The van der Waals surface area contributed by atoms with E-state index in [0.29, 0.717) is 0 Å². The van der Waals surface area contributed by atoms with E-state index in [1.807, 2.05) is 0 Å². The van der Waals surface area contributed by atoms with E-state index in [0.717, 1.165) is 6.92 Å². The molecular weight excluding hydrogens is 230 g/mol. The van der Waals surface area contributed by atoms with Gasteiger partial charge in [0.15, 0.2) is 0 Å². The summed E-state index contributed by atoms with van der Waals surface area (Å²) in [6.45, 7) is 0.594. The Hall–Kier alpha value is -1.46. The maximum absolute atomic E-state index is 13.1. The van der Waals surface area contributed by atoms with Crippen LogP contribution in [0.25, 0.3) is 0 Å². The van der Waals surface area contributed by atoms with Crippen LogP contribution in [0.3, 0.4) is 0 Å². The SMILES string of the molecule is [B]c1ccc2c(c1)C(C)(C(F)(F)F)CNC2=O. The van der Waals surface area contributed by atoms with Crippen molar-refractivity contribution in [2.75, 3.05) is 6.54 Å². The molecule has 0 bridgehead atoms. The van der Waals surface area contributed by atoms with Gasteiger partial charge in [0, 0.05) is 12.1 Å². The average molecular weight is 239 g/mol. The first-order valence-electron chi connectivity index (χ1n) is 5.00. The van der Waals surface area contributed by atoms with Gasteiger partial charge in [-0.3, -0.25) is 4.79 Å². The highest BCUT2D eigenvalue weighted by Gasteiger charge is 2.55. The number of nitrogens with one attached hydrogen (secondary N) is 1. The average Bonchev–Trinajstić information content (AvgIpc) is 2.22. The molecule has 0 aliphatic carbocycles. The highest BCUT2D eigenvalue weighted by Crippen LogP contribution is 2.43. The van der Waals surface area contributed by atoms with Crippen molar-refractivity contribution in [1.29, 1.82) is 0 Å². The maximum atomic E-state index is 13.1. The smallest absolute Gasteiger partial charge is 0.351 e. The number of amides is 1. The second kappa shape index (κ2) is 3.52. The van der Waals surface area contributed by atoms with Gasteiger partial charge in [-0.15, -0.1) is 0 Å². The Bertz CT molecular complexity index is 486. The Morgan fingerprint density at radius 3 is 2.65 bits per heavy atom. The fourth-order valence-electron chi connectivity index (χ4n) is 1.92. The molecule has 6 heteroatoms. The molecular formula is C11H9BF3NO. The summed E-state index contributed by atoms with van der Waals surface area (Å²) >= 11 is 0. The number of halogens is 3. The van der Waals surface area contributed by atoms with Gasteiger partial charge >= 0.3 is 6.18 Å². The van der Waals surface area contributed by atoms with Crippen molar-refractivity contribution in [3.63, 3.8) is 0 Å². The zero-order valence-corrected chi connectivity index (χ0v) is 9.06. The highest BCUT2D eigenvalue weighted by molar-refractivity contribution is 6.32. The minimum atomic E-state index is -4.44. The summed E-state index contributed by atoms with van der Waals surface area (Å²) in [5, 5.41) is 2.26. The fourth-order valence-corrected chi connectivity index (χ4v) is 1.92. The number of hydrogen-bond donors (Lipinski definition) is 1. The number of rotatable bonds is 0. The van der Waals surface area contributed by atoms with Crippen LogP contribution < -0.4 is 10.8 Å². The van der Waals surface area contributed by atoms with E-state index >= 15 is 0 Å². The monoisotopic (exact) mass is 239 g/mol. The molecule has 1 unspecified atom stereocenters. The molecule has 1 amide bonds. The Labute approximate surface area is 97.6 Å². The molecule has 0 fully saturated rings. The van der Waals surface area contributed by atoms with Crippen LogP contribution in [-0.4, -0.2) is 26.5 Å². The Morgan fingerprint density at radius 2 is 2.06 bits per heavy atom. The summed E-state index contributed by atoms with van der Waals surface area (Å²) < 4.78 is 39.2. The van der Waals surface area contributed by atoms with Crippen LogP contribution in [0.4, 0.5) is 13.2 Å². The van der Waals surface area contributed by atoms with E-state index in [1.165, 1.54) is 18.2 Å². The van der Waals surface area contributed by atoms with Crippen LogP contribution >= 0.6 is 0 Å². The Balaban J connectivity index is 2.67. The third kappa shape index (κ3) is 1.71. The van der Waals surface area contributed by atoms with Gasteiger partial charge in [0.1, 0.15) is 13.3 Å². The number of fused-ring (bicyclic) bond motifs is 1. The molecule has 1 heterocycles. The van der Waals surface area contributed by atoms with E-state index in [4.69, 9.17) is 7.85 Å². The van der Waals surface area contributed by atoms with E-state index in [-0.39, 0.29) is 16.6 Å². The predicted octanol–water partition coefficient (Wildman–Crippen LogP) is 1.04. The van der Waals surface area contributed by atoms with E-state index < -0.39 is 24.0 Å². The molecule has 17 heavy (non-hydrogen) atoms. The van der Waals surface area contributed by atoms with Gasteiger partial charge in [-0.1, -0.05) is 17.6 Å². The molecule has 0 spiro atoms. The van der Waals surface area contributed by atoms with Gasteiger partial charge in [0.05, 0.1) is 0 Å². The Morgan fingerprint density at radius 1 is 1.41 bits per heavy atom. The molecule has 0 saturated carbocycles. The van der Waals surface area contributed by atoms with Crippen LogP contribution in [0.2, 0.25) is 0 Å².